The highest BCUT2D eigenvalue weighted by atomic mass is 32.1. The number of ketones is 1. The average molecular weight is 419 g/mol. The zero-order chi connectivity index (χ0) is 21.1. The van der Waals surface area contributed by atoms with Gasteiger partial charge in [-0.1, -0.05) is 30.3 Å². The van der Waals surface area contributed by atoms with E-state index in [0.717, 1.165) is 21.6 Å². The highest BCUT2D eigenvalue weighted by molar-refractivity contribution is 7.10. The number of carbonyl (C=O) groups excluding carboxylic acids is 2. The third kappa shape index (κ3) is 3.91. The Morgan fingerprint density at radius 2 is 1.83 bits per heavy atom. The summed E-state index contributed by atoms with van der Waals surface area (Å²) in [6, 6.07) is 14.8. The van der Waals surface area contributed by atoms with Crippen molar-refractivity contribution in [2.45, 2.75) is 32.4 Å². The van der Waals surface area contributed by atoms with Crippen molar-refractivity contribution in [2.75, 3.05) is 0 Å². The van der Waals surface area contributed by atoms with Crippen LogP contribution in [0.1, 0.15) is 34.0 Å². The second kappa shape index (κ2) is 8.63. The number of hydrogen-bond donors (Lipinski definition) is 1. The van der Waals surface area contributed by atoms with Crippen LogP contribution in [0, 0.1) is 6.92 Å². The molecule has 4 rings (SSSR count). The van der Waals surface area contributed by atoms with Crippen molar-refractivity contribution in [3.05, 3.63) is 99.2 Å². The summed E-state index contributed by atoms with van der Waals surface area (Å²) in [5.41, 5.74) is 3.15. The molecule has 152 valence electrons. The Labute approximate surface area is 179 Å². The van der Waals surface area contributed by atoms with Crippen molar-refractivity contribution in [1.82, 2.24) is 9.88 Å². The summed E-state index contributed by atoms with van der Waals surface area (Å²) in [4.78, 5) is 32.7. The number of benzene rings is 1. The van der Waals surface area contributed by atoms with Gasteiger partial charge in [-0.05, 0) is 53.6 Å². The van der Waals surface area contributed by atoms with Crippen molar-refractivity contribution in [3.8, 4) is 0 Å². The van der Waals surface area contributed by atoms with Crippen molar-refractivity contribution >= 4 is 23.0 Å². The number of pyridine rings is 1. The smallest absolute Gasteiger partial charge is 0.290 e. The Morgan fingerprint density at radius 1 is 1.10 bits per heavy atom. The van der Waals surface area contributed by atoms with Gasteiger partial charge in [-0.15, -0.1) is 11.3 Å². The Kier molecular flexibility index (Phi) is 5.77. The number of aliphatic hydroxyl groups excluding tert-OH is 1. The Bertz CT molecular complexity index is 1090. The first-order valence-corrected chi connectivity index (χ1v) is 10.7. The summed E-state index contributed by atoms with van der Waals surface area (Å²) in [5, 5.41) is 12.6. The van der Waals surface area contributed by atoms with Gasteiger partial charge in [0.15, 0.2) is 11.5 Å². The van der Waals surface area contributed by atoms with E-state index in [1.165, 1.54) is 11.3 Å². The third-order valence-corrected chi connectivity index (χ3v) is 6.41. The number of carbonyl (C=O) groups is 2. The van der Waals surface area contributed by atoms with E-state index in [0.29, 0.717) is 13.0 Å². The van der Waals surface area contributed by atoms with Crippen LogP contribution in [-0.4, -0.2) is 26.7 Å². The van der Waals surface area contributed by atoms with E-state index < -0.39 is 17.7 Å². The number of Topliss-reactive ketones (excluding diaryl/α,β-unsaturated/α-hetero) is 1. The van der Waals surface area contributed by atoms with Crippen LogP contribution in [0.5, 0.6) is 0 Å². The summed E-state index contributed by atoms with van der Waals surface area (Å²) >= 11 is 1.50. The monoisotopic (exact) mass is 418 g/mol. The van der Waals surface area contributed by atoms with Gasteiger partial charge in [0.1, 0.15) is 0 Å². The molecule has 2 aromatic heterocycles. The predicted octanol–water partition coefficient (Wildman–Crippen LogP) is 4.55. The molecule has 0 radical (unpaired) electrons. The normalized spacial score (nSPS) is 16.4. The zero-order valence-electron chi connectivity index (χ0n) is 16.6. The molecule has 30 heavy (non-hydrogen) atoms. The summed E-state index contributed by atoms with van der Waals surface area (Å²) < 4.78 is 0. The van der Waals surface area contributed by atoms with Gasteiger partial charge in [-0.3, -0.25) is 14.6 Å². The van der Waals surface area contributed by atoms with Gasteiger partial charge in [0.2, 0.25) is 0 Å². The molecule has 0 bridgehead atoms. The molecule has 0 saturated heterocycles. The number of amides is 1. The molecule has 1 unspecified atom stereocenters. The Morgan fingerprint density at radius 3 is 2.50 bits per heavy atom. The highest BCUT2D eigenvalue weighted by Gasteiger charge is 2.44. The minimum Gasteiger partial charge on any atom is -0.503 e. The molecule has 3 aromatic rings. The molecule has 1 amide bonds. The molecule has 1 aromatic carbocycles. The molecule has 1 aliphatic heterocycles. The fourth-order valence-corrected chi connectivity index (χ4v) is 4.81. The number of thiophene rings is 1. The van der Waals surface area contributed by atoms with Crippen molar-refractivity contribution in [2.24, 2.45) is 0 Å². The molecule has 0 fully saturated rings. The summed E-state index contributed by atoms with van der Waals surface area (Å²) in [5.74, 6) is -1.13. The molecule has 0 saturated carbocycles. The van der Waals surface area contributed by atoms with Crippen molar-refractivity contribution in [3.63, 3.8) is 0 Å². The van der Waals surface area contributed by atoms with E-state index in [4.69, 9.17) is 0 Å². The minimum absolute atomic E-state index is 0.195. The maximum atomic E-state index is 13.2. The van der Waals surface area contributed by atoms with Gasteiger partial charge in [0.25, 0.3) is 5.91 Å². The predicted molar refractivity (Wildman–Crippen MR) is 116 cm³/mol. The van der Waals surface area contributed by atoms with Crippen LogP contribution in [0.25, 0.3) is 0 Å². The number of aryl methyl sites for hydroxylation is 2. The summed E-state index contributed by atoms with van der Waals surface area (Å²) in [6.45, 7) is 2.26. The SMILES string of the molecule is Cc1ccsc1C1C(C(=O)CCc2ccccc2)=C(O)C(=O)N1Cc1ccncc1. The number of rotatable bonds is 7. The third-order valence-electron chi connectivity index (χ3n) is 5.34. The van der Waals surface area contributed by atoms with Crippen LogP contribution in [0.2, 0.25) is 0 Å². The molecule has 1 N–H and O–H groups in total. The maximum Gasteiger partial charge on any atom is 0.290 e. The van der Waals surface area contributed by atoms with E-state index in [1.54, 1.807) is 17.3 Å². The van der Waals surface area contributed by atoms with Gasteiger partial charge in [-0.25, -0.2) is 0 Å². The van der Waals surface area contributed by atoms with E-state index in [-0.39, 0.29) is 17.8 Å². The number of aromatic nitrogens is 1. The van der Waals surface area contributed by atoms with Crippen LogP contribution in [-0.2, 0) is 22.6 Å². The lowest BCUT2D eigenvalue weighted by Crippen LogP contribution is -2.30. The largest absolute Gasteiger partial charge is 0.503 e. The number of nitrogens with zero attached hydrogens (tertiary/aromatic N) is 2. The molecule has 1 atom stereocenters. The molecule has 0 spiro atoms. The molecular weight excluding hydrogens is 396 g/mol. The number of aliphatic hydroxyl groups is 1. The standard InChI is InChI=1S/C24H22N2O3S/c1-16-11-14-30-23(16)21-20(19(27)8-7-17-5-3-2-4-6-17)22(28)24(29)26(21)15-18-9-12-25-13-10-18/h2-6,9-14,21,28H,7-8,15H2,1H3. The zero-order valence-corrected chi connectivity index (χ0v) is 17.4. The van der Waals surface area contributed by atoms with Gasteiger partial charge >= 0.3 is 0 Å². The van der Waals surface area contributed by atoms with Crippen LogP contribution in [0.3, 0.4) is 0 Å². The molecule has 6 heteroatoms. The van der Waals surface area contributed by atoms with E-state index in [9.17, 15) is 14.7 Å². The van der Waals surface area contributed by atoms with Gasteiger partial charge < -0.3 is 10.0 Å². The lowest BCUT2D eigenvalue weighted by atomic mass is 9.95. The molecule has 0 aliphatic carbocycles. The molecule has 5 nitrogen and oxygen atoms in total. The molecule has 3 heterocycles. The van der Waals surface area contributed by atoms with Gasteiger partial charge in [0, 0.05) is 30.2 Å². The molecule has 1 aliphatic rings. The summed E-state index contributed by atoms with van der Waals surface area (Å²) in [6.07, 6.45) is 4.13. The Balaban J connectivity index is 1.65. The van der Waals surface area contributed by atoms with E-state index in [2.05, 4.69) is 4.98 Å². The molecular formula is C24H22N2O3S. The van der Waals surface area contributed by atoms with Crippen LogP contribution in [0.15, 0.2) is 77.6 Å². The van der Waals surface area contributed by atoms with Crippen molar-refractivity contribution < 1.29 is 14.7 Å². The fraction of sp³-hybridized carbons (Fsp3) is 0.208. The highest BCUT2D eigenvalue weighted by Crippen LogP contribution is 2.42. The maximum absolute atomic E-state index is 13.2. The van der Waals surface area contributed by atoms with Gasteiger partial charge in [-0.2, -0.15) is 0 Å². The second-order valence-electron chi connectivity index (χ2n) is 7.33. The lowest BCUT2D eigenvalue weighted by molar-refractivity contribution is -0.130. The quantitative estimate of drug-likeness (QED) is 0.611. The van der Waals surface area contributed by atoms with Crippen LogP contribution in [0.4, 0.5) is 0 Å². The average Bonchev–Trinajstić information content (AvgIpc) is 3.29. The minimum atomic E-state index is -0.575. The van der Waals surface area contributed by atoms with Crippen molar-refractivity contribution in [1.29, 1.82) is 0 Å². The van der Waals surface area contributed by atoms with Gasteiger partial charge in [0.05, 0.1) is 11.6 Å². The summed E-state index contributed by atoms with van der Waals surface area (Å²) in [7, 11) is 0. The second-order valence-corrected chi connectivity index (χ2v) is 8.28. The first kappa shape index (κ1) is 20.0. The Hall–Kier alpha value is -3.25. The van der Waals surface area contributed by atoms with Crippen LogP contribution < -0.4 is 0 Å². The first-order chi connectivity index (χ1) is 14.6. The topological polar surface area (TPSA) is 70.5 Å². The fourth-order valence-electron chi connectivity index (χ4n) is 3.76. The van der Waals surface area contributed by atoms with E-state index in [1.807, 2.05) is 60.8 Å². The van der Waals surface area contributed by atoms with Crippen LogP contribution >= 0.6 is 11.3 Å². The first-order valence-electron chi connectivity index (χ1n) is 9.80. The van der Waals surface area contributed by atoms with E-state index >= 15 is 0 Å². The number of hydrogen-bond acceptors (Lipinski definition) is 5. The lowest BCUT2D eigenvalue weighted by Gasteiger charge is -2.26.